The molecule has 0 radical (unpaired) electrons. The van der Waals surface area contributed by atoms with E-state index in [1.165, 1.54) is 11.3 Å². The molecule has 0 unspecified atom stereocenters. The number of hydrogen-bond acceptors (Lipinski definition) is 6. The van der Waals surface area contributed by atoms with Crippen molar-refractivity contribution in [2.45, 2.75) is 38.3 Å². The highest BCUT2D eigenvalue weighted by atomic mass is 32.1. The van der Waals surface area contributed by atoms with Crippen molar-refractivity contribution in [3.8, 4) is 11.5 Å². The molecule has 1 aliphatic carbocycles. The summed E-state index contributed by atoms with van der Waals surface area (Å²) >= 11 is 1.31. The Bertz CT molecular complexity index is 1500. The van der Waals surface area contributed by atoms with Gasteiger partial charge in [0.2, 0.25) is 0 Å². The molecule has 9 heteroatoms. The van der Waals surface area contributed by atoms with Gasteiger partial charge in [0.15, 0.2) is 0 Å². The highest BCUT2D eigenvalue weighted by Gasteiger charge is 2.35. The fraction of sp³-hybridized carbons (Fsp3) is 0.250. The number of ether oxygens (including phenoxy) is 1. The Balaban J connectivity index is 1.34. The molecule has 2 atom stereocenters. The lowest BCUT2D eigenvalue weighted by molar-refractivity contribution is 0.0937. The van der Waals surface area contributed by atoms with Crippen molar-refractivity contribution in [3.05, 3.63) is 71.2 Å². The van der Waals surface area contributed by atoms with Gasteiger partial charge in [-0.3, -0.25) is 9.69 Å². The third kappa shape index (κ3) is 4.20. The Morgan fingerprint density at radius 1 is 1.08 bits per heavy atom. The second-order valence-corrected chi connectivity index (χ2v) is 10.4. The van der Waals surface area contributed by atoms with Crippen molar-refractivity contribution < 1.29 is 14.3 Å². The Kier molecular flexibility index (Phi) is 6.02. The number of rotatable bonds is 6. The van der Waals surface area contributed by atoms with E-state index in [2.05, 4.69) is 20.9 Å². The number of nitrogens with one attached hydrogen (secondary N) is 3. The van der Waals surface area contributed by atoms with Gasteiger partial charge in [0.05, 0.1) is 22.4 Å². The number of amides is 3. The Hall–Kier alpha value is -3.95. The number of aryl methyl sites for hydroxylation is 1. The number of anilines is 3. The van der Waals surface area contributed by atoms with Gasteiger partial charge in [0.25, 0.3) is 5.91 Å². The number of thiophene rings is 1. The first-order valence-electron chi connectivity index (χ1n) is 12.4. The number of urea groups is 1. The van der Waals surface area contributed by atoms with Gasteiger partial charge in [-0.25, -0.2) is 9.78 Å². The zero-order chi connectivity index (χ0) is 25.5. The van der Waals surface area contributed by atoms with Crippen LogP contribution in [-0.2, 0) is 0 Å². The number of aromatic nitrogens is 1. The summed E-state index contributed by atoms with van der Waals surface area (Å²) < 4.78 is 5.97. The second-order valence-electron chi connectivity index (χ2n) is 9.35. The first-order chi connectivity index (χ1) is 18.0. The first kappa shape index (κ1) is 23.4. The van der Waals surface area contributed by atoms with Crippen LogP contribution in [0.4, 0.5) is 21.9 Å². The van der Waals surface area contributed by atoms with Crippen LogP contribution in [0.25, 0.3) is 10.2 Å². The maximum absolute atomic E-state index is 13.5. The van der Waals surface area contributed by atoms with Crippen molar-refractivity contribution >= 4 is 50.6 Å². The molecular weight excluding hydrogens is 486 g/mol. The normalized spacial score (nSPS) is 18.6. The van der Waals surface area contributed by atoms with Crippen LogP contribution in [-0.4, -0.2) is 36.1 Å². The number of likely N-dealkylation sites (N-methyl/N-ethyl adjacent to an activating group) is 1. The van der Waals surface area contributed by atoms with Gasteiger partial charge >= 0.3 is 6.03 Å². The van der Waals surface area contributed by atoms with Crippen molar-refractivity contribution in [3.63, 3.8) is 0 Å². The van der Waals surface area contributed by atoms with E-state index in [0.29, 0.717) is 26.8 Å². The highest BCUT2D eigenvalue weighted by Crippen LogP contribution is 2.46. The number of para-hydroxylation sites is 1. The molecule has 0 saturated heterocycles. The summed E-state index contributed by atoms with van der Waals surface area (Å²) in [6, 6.07) is 17.0. The molecule has 4 aromatic rings. The molecule has 3 N–H and O–H groups in total. The standard InChI is InChI=1S/C28H27N5O3S/c1-16-15-18(36-17-7-4-3-5-8-17)11-12-21(16)33-22-13-14-30-27-23(22)24(32-28(33)35)25(37-27)26(34)31-20-10-6-9-19(20)29-2/h3-5,7-8,11-15,19-20,29H,6,9-10H2,1-2H3,(H,31,34)(H,32,35)/t19-,20-/m0/s1. The SMILES string of the molecule is CN[C@H]1CCC[C@@H]1NC(=O)c1sc2nccc3c2c1NC(=O)N3c1ccc(Oc2ccccc2)cc1C. The summed E-state index contributed by atoms with van der Waals surface area (Å²) in [7, 11) is 1.92. The number of benzene rings is 2. The van der Waals surface area contributed by atoms with Gasteiger partial charge in [-0.1, -0.05) is 18.2 Å². The largest absolute Gasteiger partial charge is 0.457 e. The van der Waals surface area contributed by atoms with E-state index in [9.17, 15) is 9.59 Å². The van der Waals surface area contributed by atoms with E-state index in [1.54, 1.807) is 11.1 Å². The third-order valence-electron chi connectivity index (χ3n) is 7.04. The summed E-state index contributed by atoms with van der Waals surface area (Å²) in [4.78, 5) is 34.1. The van der Waals surface area contributed by atoms with E-state index in [1.807, 2.05) is 68.6 Å². The molecule has 6 rings (SSSR count). The van der Waals surface area contributed by atoms with Gasteiger partial charge < -0.3 is 20.7 Å². The van der Waals surface area contributed by atoms with E-state index in [-0.39, 0.29) is 24.0 Å². The van der Waals surface area contributed by atoms with Gasteiger partial charge in [-0.2, -0.15) is 0 Å². The summed E-state index contributed by atoms with van der Waals surface area (Å²) in [5.41, 5.74) is 2.84. The summed E-state index contributed by atoms with van der Waals surface area (Å²) in [6.45, 7) is 1.95. The van der Waals surface area contributed by atoms with Crippen LogP contribution >= 0.6 is 11.3 Å². The molecule has 2 aliphatic rings. The summed E-state index contributed by atoms with van der Waals surface area (Å²) in [5.74, 6) is 1.25. The maximum atomic E-state index is 13.5. The average Bonchev–Trinajstić information content (AvgIpc) is 3.50. The molecule has 3 amide bonds. The van der Waals surface area contributed by atoms with Gasteiger partial charge in [0.1, 0.15) is 21.2 Å². The zero-order valence-electron chi connectivity index (χ0n) is 20.6. The van der Waals surface area contributed by atoms with Gasteiger partial charge in [-0.15, -0.1) is 11.3 Å². The second kappa shape index (κ2) is 9.49. The fourth-order valence-corrected chi connectivity index (χ4v) is 6.29. The average molecular weight is 514 g/mol. The molecule has 0 bridgehead atoms. The van der Waals surface area contributed by atoms with Crippen LogP contribution in [0.5, 0.6) is 11.5 Å². The zero-order valence-corrected chi connectivity index (χ0v) is 21.4. The van der Waals surface area contributed by atoms with Crippen LogP contribution in [0.3, 0.4) is 0 Å². The van der Waals surface area contributed by atoms with E-state index < -0.39 is 0 Å². The van der Waals surface area contributed by atoms with E-state index >= 15 is 0 Å². The van der Waals surface area contributed by atoms with Crippen molar-refractivity contribution in [1.82, 2.24) is 15.6 Å². The molecule has 1 aliphatic heterocycles. The van der Waals surface area contributed by atoms with Crippen LogP contribution in [0, 0.1) is 6.92 Å². The number of hydrogen-bond donors (Lipinski definition) is 3. The topological polar surface area (TPSA) is 95.6 Å². The monoisotopic (exact) mass is 513 g/mol. The molecular formula is C28H27N5O3S. The Morgan fingerprint density at radius 3 is 2.68 bits per heavy atom. The lowest BCUT2D eigenvalue weighted by Gasteiger charge is -2.29. The molecule has 188 valence electrons. The maximum Gasteiger partial charge on any atom is 0.331 e. The molecule has 2 aromatic carbocycles. The summed E-state index contributed by atoms with van der Waals surface area (Å²) in [6.07, 6.45) is 4.72. The number of nitrogens with zero attached hydrogens (tertiary/aromatic N) is 2. The first-order valence-corrected chi connectivity index (χ1v) is 13.2. The quantitative estimate of drug-likeness (QED) is 0.296. The molecule has 0 spiro atoms. The lowest BCUT2D eigenvalue weighted by Crippen LogP contribution is -2.45. The molecule has 37 heavy (non-hydrogen) atoms. The Morgan fingerprint density at radius 2 is 1.89 bits per heavy atom. The smallest absolute Gasteiger partial charge is 0.331 e. The van der Waals surface area contributed by atoms with E-state index in [4.69, 9.17) is 4.74 Å². The van der Waals surface area contributed by atoms with Gasteiger partial charge in [-0.05, 0) is 75.2 Å². The molecule has 1 fully saturated rings. The van der Waals surface area contributed by atoms with E-state index in [0.717, 1.165) is 41.6 Å². The molecule has 1 saturated carbocycles. The van der Waals surface area contributed by atoms with Crippen LogP contribution in [0.1, 0.15) is 34.5 Å². The summed E-state index contributed by atoms with van der Waals surface area (Å²) in [5, 5.41) is 10.2. The Labute approximate surface area is 218 Å². The minimum atomic E-state index is -0.318. The molecule has 2 aromatic heterocycles. The number of carbonyl (C=O) groups excluding carboxylic acids is 2. The lowest BCUT2D eigenvalue weighted by atomic mass is 10.1. The predicted molar refractivity (Wildman–Crippen MR) is 146 cm³/mol. The van der Waals surface area contributed by atoms with Crippen LogP contribution in [0.15, 0.2) is 60.8 Å². The number of carbonyl (C=O) groups is 2. The van der Waals surface area contributed by atoms with Crippen molar-refractivity contribution in [2.75, 3.05) is 17.3 Å². The third-order valence-corrected chi connectivity index (χ3v) is 8.14. The molecule has 3 heterocycles. The van der Waals surface area contributed by atoms with Crippen LogP contribution < -0.4 is 25.6 Å². The van der Waals surface area contributed by atoms with Crippen molar-refractivity contribution in [2.24, 2.45) is 0 Å². The number of pyridine rings is 1. The van der Waals surface area contributed by atoms with Gasteiger partial charge in [0, 0.05) is 18.3 Å². The minimum Gasteiger partial charge on any atom is -0.457 e. The van der Waals surface area contributed by atoms with Crippen LogP contribution in [0.2, 0.25) is 0 Å². The predicted octanol–water partition coefficient (Wildman–Crippen LogP) is 5.95. The fourth-order valence-electron chi connectivity index (χ4n) is 5.26. The minimum absolute atomic E-state index is 0.0670. The highest BCUT2D eigenvalue weighted by molar-refractivity contribution is 7.21. The molecule has 8 nitrogen and oxygen atoms in total. The van der Waals surface area contributed by atoms with Crippen molar-refractivity contribution in [1.29, 1.82) is 0 Å².